The molecule has 1 N–H and O–H groups in total. The molecule has 0 rings (SSSR count). The van der Waals surface area contributed by atoms with E-state index in [1.807, 2.05) is 0 Å². The normalized spacial score (nSPS) is 13.2. The zero-order valence-electron chi connectivity index (χ0n) is 16.4. The predicted molar refractivity (Wildman–Crippen MR) is 98.7 cm³/mol. The lowest BCUT2D eigenvalue weighted by Crippen LogP contribution is -2.57. The average molecular weight is 344 g/mol. The largest absolute Gasteiger partial charge is 0.806 e. The van der Waals surface area contributed by atoms with Crippen molar-refractivity contribution >= 4 is 5.97 Å². The Morgan fingerprint density at radius 1 is 0.833 bits per heavy atom. The first-order valence-electron chi connectivity index (χ1n) is 10.1. The van der Waals surface area contributed by atoms with E-state index in [9.17, 15) is 9.90 Å². The molecule has 0 fully saturated rings. The molecule has 4 heteroatoms. The zero-order chi connectivity index (χ0) is 18.3. The van der Waals surface area contributed by atoms with E-state index in [1.165, 1.54) is 70.6 Å². The number of rotatable bonds is 17. The van der Waals surface area contributed by atoms with Gasteiger partial charge in [-0.25, -0.2) is 4.79 Å². The summed E-state index contributed by atoms with van der Waals surface area (Å²) in [6, 6.07) is 0. The maximum Gasteiger partial charge on any atom is 0.359 e. The Labute approximate surface area is 149 Å². The highest BCUT2D eigenvalue weighted by molar-refractivity contribution is 5.67. The molecule has 0 amide bonds. The number of likely N-dealkylation sites (N-methyl/N-ethyl adjacent to an activating group) is 1. The molecular weight excluding hydrogens is 302 g/mol. The van der Waals surface area contributed by atoms with Crippen LogP contribution in [0.5, 0.6) is 0 Å². The SMILES string of the molecule is CCCCCCCCCCCCCCCC([O-])[N+](C)(C)CC(=O)O. The van der Waals surface area contributed by atoms with Crippen LogP contribution in [-0.2, 0) is 4.79 Å². The van der Waals surface area contributed by atoms with Crippen molar-refractivity contribution in [1.82, 2.24) is 0 Å². The minimum absolute atomic E-state index is 0.0353. The number of aliphatic carboxylic acids is 1. The molecule has 0 spiro atoms. The summed E-state index contributed by atoms with van der Waals surface area (Å²) in [5.74, 6) is -0.897. The number of hydrogen-bond donors (Lipinski definition) is 1. The van der Waals surface area contributed by atoms with Gasteiger partial charge in [-0.3, -0.25) is 0 Å². The summed E-state index contributed by atoms with van der Waals surface area (Å²) in [4.78, 5) is 10.8. The van der Waals surface area contributed by atoms with Crippen LogP contribution in [0, 0.1) is 0 Å². The average Bonchev–Trinajstić information content (AvgIpc) is 2.50. The van der Waals surface area contributed by atoms with Gasteiger partial charge in [0.2, 0.25) is 0 Å². The van der Waals surface area contributed by atoms with E-state index in [4.69, 9.17) is 5.11 Å². The monoisotopic (exact) mass is 343 g/mol. The number of quaternary nitrogens is 1. The Morgan fingerprint density at radius 2 is 1.21 bits per heavy atom. The van der Waals surface area contributed by atoms with E-state index >= 15 is 0 Å². The minimum Gasteiger partial charge on any atom is -0.806 e. The van der Waals surface area contributed by atoms with Crippen molar-refractivity contribution in [2.45, 2.75) is 103 Å². The van der Waals surface area contributed by atoms with Gasteiger partial charge in [0.05, 0.1) is 14.1 Å². The third-order valence-electron chi connectivity index (χ3n) is 4.88. The lowest BCUT2D eigenvalue weighted by molar-refractivity contribution is -0.979. The van der Waals surface area contributed by atoms with Crippen LogP contribution in [0.3, 0.4) is 0 Å². The van der Waals surface area contributed by atoms with Gasteiger partial charge in [0.25, 0.3) is 0 Å². The maximum atomic E-state index is 12.1. The lowest BCUT2D eigenvalue weighted by Gasteiger charge is -2.41. The second kappa shape index (κ2) is 14.7. The molecule has 144 valence electrons. The molecule has 1 atom stereocenters. The van der Waals surface area contributed by atoms with Crippen LogP contribution in [0.4, 0.5) is 0 Å². The number of carbonyl (C=O) groups is 1. The van der Waals surface area contributed by atoms with Crippen molar-refractivity contribution in [1.29, 1.82) is 0 Å². The fourth-order valence-electron chi connectivity index (χ4n) is 3.14. The highest BCUT2D eigenvalue weighted by atomic mass is 16.4. The first-order chi connectivity index (χ1) is 11.4. The van der Waals surface area contributed by atoms with Gasteiger partial charge in [0.1, 0.15) is 0 Å². The second-order valence-electron chi connectivity index (χ2n) is 7.82. The van der Waals surface area contributed by atoms with Crippen molar-refractivity contribution in [3.63, 3.8) is 0 Å². The van der Waals surface area contributed by atoms with Gasteiger partial charge in [-0.2, -0.15) is 0 Å². The van der Waals surface area contributed by atoms with Crippen LogP contribution in [0.2, 0.25) is 0 Å². The first kappa shape index (κ1) is 23.4. The van der Waals surface area contributed by atoms with Gasteiger partial charge >= 0.3 is 5.97 Å². The van der Waals surface area contributed by atoms with E-state index in [-0.39, 0.29) is 11.0 Å². The van der Waals surface area contributed by atoms with Crippen LogP contribution in [0.15, 0.2) is 0 Å². The molecule has 0 aromatic carbocycles. The van der Waals surface area contributed by atoms with Gasteiger partial charge in [-0.15, -0.1) is 0 Å². The lowest BCUT2D eigenvalue weighted by atomic mass is 10.0. The Morgan fingerprint density at radius 3 is 1.58 bits per heavy atom. The quantitative estimate of drug-likeness (QED) is 0.243. The van der Waals surface area contributed by atoms with E-state index in [0.717, 1.165) is 12.8 Å². The fraction of sp³-hybridized carbons (Fsp3) is 0.950. The van der Waals surface area contributed by atoms with E-state index in [0.29, 0.717) is 6.42 Å². The van der Waals surface area contributed by atoms with Crippen LogP contribution in [0.25, 0.3) is 0 Å². The highest BCUT2D eigenvalue weighted by Gasteiger charge is 2.22. The highest BCUT2D eigenvalue weighted by Crippen LogP contribution is 2.14. The topological polar surface area (TPSA) is 60.4 Å². The zero-order valence-corrected chi connectivity index (χ0v) is 16.4. The summed E-state index contributed by atoms with van der Waals surface area (Å²) in [5, 5.41) is 20.9. The Balaban J connectivity index is 3.37. The maximum absolute atomic E-state index is 12.1. The van der Waals surface area contributed by atoms with Crippen LogP contribution >= 0.6 is 0 Å². The third kappa shape index (κ3) is 13.8. The van der Waals surface area contributed by atoms with Gasteiger partial charge in [-0.1, -0.05) is 84.0 Å². The molecule has 0 aliphatic heterocycles. The number of unbranched alkanes of at least 4 members (excludes halogenated alkanes) is 12. The molecule has 4 nitrogen and oxygen atoms in total. The molecule has 0 aliphatic carbocycles. The standard InChI is InChI=1S/C20H41NO3/c1-4-5-6-7-8-9-10-11-12-13-14-15-16-17-19(22)21(2,3)18-20(23)24/h19H,4-18H2,1-3H3,(H,23,24). The molecule has 0 radical (unpaired) electrons. The number of nitrogens with zero attached hydrogens (tertiary/aromatic N) is 1. The summed E-state index contributed by atoms with van der Waals surface area (Å²) >= 11 is 0. The molecule has 0 aromatic heterocycles. The molecular formula is C20H41NO3. The molecule has 0 saturated carbocycles. The van der Waals surface area contributed by atoms with Crippen molar-refractivity contribution in [2.24, 2.45) is 0 Å². The van der Waals surface area contributed by atoms with Crippen LogP contribution < -0.4 is 5.11 Å². The summed E-state index contributed by atoms with van der Waals surface area (Å²) in [5.41, 5.74) is 0. The molecule has 0 bridgehead atoms. The van der Waals surface area contributed by atoms with Crippen molar-refractivity contribution in [3.8, 4) is 0 Å². The smallest absolute Gasteiger partial charge is 0.359 e. The molecule has 0 aromatic rings. The third-order valence-corrected chi connectivity index (χ3v) is 4.88. The van der Waals surface area contributed by atoms with Gasteiger partial charge in [0, 0.05) is 6.23 Å². The van der Waals surface area contributed by atoms with Crippen LogP contribution in [0.1, 0.15) is 96.8 Å². The number of carboxylic acids is 1. The Bertz CT molecular complexity index is 305. The number of carboxylic acid groups (broad SMARTS) is 1. The van der Waals surface area contributed by atoms with E-state index in [1.54, 1.807) is 14.1 Å². The second-order valence-corrected chi connectivity index (χ2v) is 7.82. The van der Waals surface area contributed by atoms with Crippen molar-refractivity contribution in [3.05, 3.63) is 0 Å². The van der Waals surface area contributed by atoms with E-state index in [2.05, 4.69) is 6.92 Å². The minimum atomic E-state index is -0.897. The van der Waals surface area contributed by atoms with E-state index < -0.39 is 12.2 Å². The summed E-state index contributed by atoms with van der Waals surface area (Å²) < 4.78 is 0.0353. The summed E-state index contributed by atoms with van der Waals surface area (Å²) in [6.07, 6.45) is 16.6. The molecule has 0 saturated heterocycles. The Hall–Kier alpha value is -0.610. The molecule has 0 aliphatic rings. The van der Waals surface area contributed by atoms with Gasteiger partial charge in [-0.05, 0) is 12.8 Å². The van der Waals surface area contributed by atoms with Crippen molar-refractivity contribution in [2.75, 3.05) is 20.6 Å². The summed E-state index contributed by atoms with van der Waals surface area (Å²) in [7, 11) is 3.43. The Kier molecular flexibility index (Phi) is 14.3. The van der Waals surface area contributed by atoms with Crippen molar-refractivity contribution < 1.29 is 19.5 Å². The van der Waals surface area contributed by atoms with Gasteiger partial charge in [0.15, 0.2) is 6.54 Å². The first-order valence-corrected chi connectivity index (χ1v) is 10.1. The molecule has 1 unspecified atom stereocenters. The predicted octanol–water partition coefficient (Wildman–Crippen LogP) is 4.32. The number of hydrogen-bond acceptors (Lipinski definition) is 2. The summed E-state index contributed by atoms with van der Waals surface area (Å²) in [6.45, 7) is 2.17. The van der Waals surface area contributed by atoms with Gasteiger partial charge < -0.3 is 14.7 Å². The van der Waals surface area contributed by atoms with Crippen LogP contribution in [-0.4, -0.2) is 42.4 Å². The fourth-order valence-corrected chi connectivity index (χ4v) is 3.14. The molecule has 0 heterocycles. The molecule has 24 heavy (non-hydrogen) atoms.